The van der Waals surface area contributed by atoms with Crippen molar-refractivity contribution in [1.82, 2.24) is 15.1 Å². The summed E-state index contributed by atoms with van der Waals surface area (Å²) in [5.41, 5.74) is 0. The zero-order chi connectivity index (χ0) is 14.9. The Hall–Kier alpha value is -1.10. The molecular weight excluding hydrogens is 254 g/mol. The normalized spacial score (nSPS) is 29.4. The fourth-order valence-corrected chi connectivity index (χ4v) is 3.12. The lowest BCUT2D eigenvalue weighted by molar-refractivity contribution is -0.154. The highest BCUT2D eigenvalue weighted by molar-refractivity contribution is 5.97. The summed E-state index contributed by atoms with van der Waals surface area (Å²) in [6.07, 6.45) is 0.897. The van der Waals surface area contributed by atoms with E-state index in [-0.39, 0.29) is 29.8 Å². The second kappa shape index (κ2) is 6.12. The Morgan fingerprint density at radius 2 is 1.95 bits per heavy atom. The molecule has 5 nitrogen and oxygen atoms in total. The van der Waals surface area contributed by atoms with Crippen LogP contribution in [-0.4, -0.2) is 59.9 Å². The third-order valence-corrected chi connectivity index (χ3v) is 4.45. The van der Waals surface area contributed by atoms with E-state index in [1.54, 1.807) is 4.90 Å². The molecule has 5 heteroatoms. The molecule has 0 spiro atoms. The number of piperazine rings is 2. The van der Waals surface area contributed by atoms with Crippen molar-refractivity contribution < 1.29 is 9.59 Å². The molecule has 2 aliphatic heterocycles. The van der Waals surface area contributed by atoms with E-state index in [4.69, 9.17) is 0 Å². The summed E-state index contributed by atoms with van der Waals surface area (Å²) in [5.74, 6) is 0.898. The SMILES string of the molecule is CC[C@H](C)[C@@H]1NC(=O)[C@H]2CN(CC(C)C)CCN2C1=O. The van der Waals surface area contributed by atoms with Gasteiger partial charge in [-0.25, -0.2) is 0 Å². The number of nitrogens with zero attached hydrogens (tertiary/aromatic N) is 2. The molecule has 1 N–H and O–H groups in total. The van der Waals surface area contributed by atoms with Gasteiger partial charge in [-0.1, -0.05) is 34.1 Å². The van der Waals surface area contributed by atoms with Gasteiger partial charge in [0.1, 0.15) is 12.1 Å². The smallest absolute Gasteiger partial charge is 0.246 e. The average molecular weight is 281 g/mol. The van der Waals surface area contributed by atoms with Crippen LogP contribution >= 0.6 is 0 Å². The minimum Gasteiger partial charge on any atom is -0.342 e. The summed E-state index contributed by atoms with van der Waals surface area (Å²) >= 11 is 0. The van der Waals surface area contributed by atoms with Gasteiger partial charge in [-0.2, -0.15) is 0 Å². The van der Waals surface area contributed by atoms with Crippen LogP contribution in [0.4, 0.5) is 0 Å². The largest absolute Gasteiger partial charge is 0.342 e. The van der Waals surface area contributed by atoms with Gasteiger partial charge in [0.25, 0.3) is 0 Å². The molecule has 2 saturated heterocycles. The van der Waals surface area contributed by atoms with Crippen molar-refractivity contribution in [2.45, 2.75) is 46.2 Å². The van der Waals surface area contributed by atoms with E-state index in [1.807, 2.05) is 6.92 Å². The molecule has 2 fully saturated rings. The number of fused-ring (bicyclic) bond motifs is 1. The minimum atomic E-state index is -0.333. The Morgan fingerprint density at radius 3 is 2.55 bits per heavy atom. The van der Waals surface area contributed by atoms with Crippen molar-refractivity contribution in [2.24, 2.45) is 11.8 Å². The van der Waals surface area contributed by atoms with Gasteiger partial charge in [0.2, 0.25) is 11.8 Å². The van der Waals surface area contributed by atoms with E-state index in [2.05, 4.69) is 31.0 Å². The number of hydrogen-bond donors (Lipinski definition) is 1. The van der Waals surface area contributed by atoms with Crippen LogP contribution in [0.25, 0.3) is 0 Å². The molecule has 0 aromatic rings. The van der Waals surface area contributed by atoms with Crippen LogP contribution in [0.5, 0.6) is 0 Å². The summed E-state index contributed by atoms with van der Waals surface area (Å²) in [6.45, 7) is 11.6. The molecule has 0 aliphatic carbocycles. The van der Waals surface area contributed by atoms with E-state index in [0.717, 1.165) is 19.5 Å². The van der Waals surface area contributed by atoms with Crippen LogP contribution in [0.2, 0.25) is 0 Å². The predicted octanol–water partition coefficient (Wildman–Crippen LogP) is 0.700. The quantitative estimate of drug-likeness (QED) is 0.825. The molecule has 0 aromatic carbocycles. The van der Waals surface area contributed by atoms with Crippen LogP contribution in [-0.2, 0) is 9.59 Å². The number of carbonyl (C=O) groups excluding carboxylic acids is 2. The minimum absolute atomic E-state index is 0.0170. The Balaban J connectivity index is 2.06. The highest BCUT2D eigenvalue weighted by atomic mass is 16.2. The standard InChI is InChI=1S/C15H27N3O2/c1-5-11(4)13-15(20)18-7-6-17(8-10(2)3)9-12(18)14(19)16-13/h10-13H,5-9H2,1-4H3,(H,16,19)/t11-,12+,13-/m0/s1. The van der Waals surface area contributed by atoms with Crippen molar-refractivity contribution >= 4 is 11.8 Å². The molecule has 2 aliphatic rings. The molecule has 0 saturated carbocycles. The summed E-state index contributed by atoms with van der Waals surface area (Å²) in [5, 5.41) is 2.93. The Kier molecular flexibility index (Phi) is 4.68. The van der Waals surface area contributed by atoms with Gasteiger partial charge in [0, 0.05) is 26.2 Å². The van der Waals surface area contributed by atoms with E-state index in [9.17, 15) is 9.59 Å². The van der Waals surface area contributed by atoms with Gasteiger partial charge < -0.3 is 10.2 Å². The topological polar surface area (TPSA) is 52.7 Å². The molecule has 20 heavy (non-hydrogen) atoms. The first kappa shape index (κ1) is 15.3. The number of carbonyl (C=O) groups is 2. The summed E-state index contributed by atoms with van der Waals surface area (Å²) in [6, 6.07) is -0.629. The fourth-order valence-electron chi connectivity index (χ4n) is 3.12. The van der Waals surface area contributed by atoms with Gasteiger partial charge in [-0.05, 0) is 11.8 Å². The van der Waals surface area contributed by atoms with Crippen molar-refractivity contribution in [3.05, 3.63) is 0 Å². The van der Waals surface area contributed by atoms with Crippen LogP contribution < -0.4 is 5.32 Å². The Morgan fingerprint density at radius 1 is 1.25 bits per heavy atom. The molecule has 2 rings (SSSR count). The van der Waals surface area contributed by atoms with Crippen molar-refractivity contribution in [3.8, 4) is 0 Å². The van der Waals surface area contributed by atoms with Gasteiger partial charge in [0.05, 0.1) is 0 Å². The average Bonchev–Trinajstić information content (AvgIpc) is 2.41. The lowest BCUT2D eigenvalue weighted by Crippen LogP contribution is -2.70. The molecule has 2 heterocycles. The van der Waals surface area contributed by atoms with Gasteiger partial charge in [-0.15, -0.1) is 0 Å². The van der Waals surface area contributed by atoms with E-state index >= 15 is 0 Å². The molecule has 0 bridgehead atoms. The van der Waals surface area contributed by atoms with E-state index in [1.165, 1.54) is 0 Å². The number of rotatable bonds is 4. The first-order valence-corrected chi connectivity index (χ1v) is 7.77. The first-order chi connectivity index (χ1) is 9.43. The third kappa shape index (κ3) is 2.97. The van der Waals surface area contributed by atoms with E-state index in [0.29, 0.717) is 19.0 Å². The predicted molar refractivity (Wildman–Crippen MR) is 78.2 cm³/mol. The highest BCUT2D eigenvalue weighted by Crippen LogP contribution is 2.21. The van der Waals surface area contributed by atoms with Crippen LogP contribution in [0.3, 0.4) is 0 Å². The maximum Gasteiger partial charge on any atom is 0.246 e. The zero-order valence-corrected chi connectivity index (χ0v) is 13.1. The van der Waals surface area contributed by atoms with Gasteiger partial charge >= 0.3 is 0 Å². The Bertz CT molecular complexity index is 383. The van der Waals surface area contributed by atoms with Crippen molar-refractivity contribution in [1.29, 1.82) is 0 Å². The number of amides is 2. The number of hydrogen-bond acceptors (Lipinski definition) is 3. The molecule has 0 aromatic heterocycles. The summed E-state index contributed by atoms with van der Waals surface area (Å²) < 4.78 is 0. The van der Waals surface area contributed by atoms with Crippen molar-refractivity contribution in [2.75, 3.05) is 26.2 Å². The molecular formula is C15H27N3O2. The number of nitrogens with one attached hydrogen (secondary N) is 1. The molecule has 3 atom stereocenters. The highest BCUT2D eigenvalue weighted by Gasteiger charge is 2.44. The lowest BCUT2D eigenvalue weighted by Gasteiger charge is -2.46. The molecule has 0 radical (unpaired) electrons. The third-order valence-electron chi connectivity index (χ3n) is 4.45. The Labute approximate surface area is 121 Å². The monoisotopic (exact) mass is 281 g/mol. The molecule has 0 unspecified atom stereocenters. The van der Waals surface area contributed by atoms with Gasteiger partial charge in [0.15, 0.2) is 0 Å². The van der Waals surface area contributed by atoms with Gasteiger partial charge in [-0.3, -0.25) is 14.5 Å². The first-order valence-electron chi connectivity index (χ1n) is 7.77. The molecule has 114 valence electrons. The maximum absolute atomic E-state index is 12.5. The zero-order valence-electron chi connectivity index (χ0n) is 13.1. The summed E-state index contributed by atoms with van der Waals surface area (Å²) in [4.78, 5) is 28.9. The second-order valence-electron chi connectivity index (χ2n) is 6.57. The van der Waals surface area contributed by atoms with Crippen molar-refractivity contribution in [3.63, 3.8) is 0 Å². The summed E-state index contributed by atoms with van der Waals surface area (Å²) in [7, 11) is 0. The van der Waals surface area contributed by atoms with Crippen LogP contribution in [0, 0.1) is 11.8 Å². The molecule has 2 amide bonds. The van der Waals surface area contributed by atoms with Crippen LogP contribution in [0.1, 0.15) is 34.1 Å². The second-order valence-corrected chi connectivity index (χ2v) is 6.57. The fraction of sp³-hybridized carbons (Fsp3) is 0.867. The maximum atomic E-state index is 12.5. The lowest BCUT2D eigenvalue weighted by atomic mass is 9.93. The van der Waals surface area contributed by atoms with E-state index < -0.39 is 0 Å². The van der Waals surface area contributed by atoms with Crippen LogP contribution in [0.15, 0.2) is 0 Å².